The monoisotopic (exact) mass is 213 g/mol. The van der Waals surface area contributed by atoms with Crippen molar-refractivity contribution in [3.63, 3.8) is 0 Å². The standard InChI is InChI=1S/C8H11N3O4/c9-8(14)11-4-3-10-6-2-1-5(15-6)7(12)13/h1-2,10H,3-4H2,(H,12,13)(H3,9,11,14). The molecule has 7 heteroatoms. The highest BCUT2D eigenvalue weighted by Crippen LogP contribution is 2.12. The molecule has 0 aliphatic heterocycles. The molecule has 5 N–H and O–H groups in total. The lowest BCUT2D eigenvalue weighted by atomic mass is 10.4. The van der Waals surface area contributed by atoms with E-state index in [0.29, 0.717) is 19.0 Å². The van der Waals surface area contributed by atoms with Gasteiger partial charge in [-0.3, -0.25) is 0 Å². The average Bonchev–Trinajstić information content (AvgIpc) is 2.60. The molecule has 82 valence electrons. The number of amides is 2. The average molecular weight is 213 g/mol. The number of primary amides is 1. The number of aromatic carboxylic acids is 1. The number of nitrogens with one attached hydrogen (secondary N) is 2. The van der Waals surface area contributed by atoms with Crippen LogP contribution < -0.4 is 16.4 Å². The number of urea groups is 1. The van der Waals surface area contributed by atoms with Crippen LogP contribution in [0.15, 0.2) is 16.5 Å². The maximum Gasteiger partial charge on any atom is 0.371 e. The molecule has 1 heterocycles. The molecule has 15 heavy (non-hydrogen) atoms. The van der Waals surface area contributed by atoms with Gasteiger partial charge in [0, 0.05) is 19.2 Å². The van der Waals surface area contributed by atoms with Gasteiger partial charge < -0.3 is 25.9 Å². The lowest BCUT2D eigenvalue weighted by molar-refractivity contribution is 0.0663. The highest BCUT2D eigenvalue weighted by molar-refractivity contribution is 5.84. The molecule has 1 aromatic rings. The van der Waals surface area contributed by atoms with Crippen LogP contribution in [0.3, 0.4) is 0 Å². The summed E-state index contributed by atoms with van der Waals surface area (Å²) in [5.74, 6) is -0.933. The summed E-state index contributed by atoms with van der Waals surface area (Å²) in [5, 5.41) is 13.7. The first-order chi connectivity index (χ1) is 7.09. The summed E-state index contributed by atoms with van der Waals surface area (Å²) in [6, 6.07) is 2.22. The molecular weight excluding hydrogens is 202 g/mol. The van der Waals surface area contributed by atoms with E-state index in [1.807, 2.05) is 0 Å². The second kappa shape index (κ2) is 4.89. The Morgan fingerprint density at radius 2 is 2.13 bits per heavy atom. The van der Waals surface area contributed by atoms with Gasteiger partial charge in [-0.05, 0) is 6.07 Å². The van der Waals surface area contributed by atoms with Gasteiger partial charge >= 0.3 is 12.0 Å². The van der Waals surface area contributed by atoms with Crippen molar-refractivity contribution in [2.24, 2.45) is 5.73 Å². The minimum atomic E-state index is -1.13. The van der Waals surface area contributed by atoms with Gasteiger partial charge in [-0.15, -0.1) is 0 Å². The summed E-state index contributed by atoms with van der Waals surface area (Å²) in [7, 11) is 0. The predicted molar refractivity (Wildman–Crippen MR) is 51.7 cm³/mol. The van der Waals surface area contributed by atoms with Gasteiger partial charge in [-0.1, -0.05) is 0 Å². The molecule has 0 atom stereocenters. The van der Waals surface area contributed by atoms with E-state index in [9.17, 15) is 9.59 Å². The zero-order valence-electron chi connectivity index (χ0n) is 7.82. The summed E-state index contributed by atoms with van der Waals surface area (Å²) in [6.07, 6.45) is 0. The second-order valence-electron chi connectivity index (χ2n) is 2.69. The topological polar surface area (TPSA) is 118 Å². The summed E-state index contributed by atoms with van der Waals surface area (Å²) >= 11 is 0. The summed E-state index contributed by atoms with van der Waals surface area (Å²) in [5.41, 5.74) is 4.84. The third-order valence-electron chi connectivity index (χ3n) is 1.54. The molecule has 0 aliphatic carbocycles. The van der Waals surface area contributed by atoms with Crippen LogP contribution >= 0.6 is 0 Å². The van der Waals surface area contributed by atoms with Crippen molar-refractivity contribution in [1.82, 2.24) is 5.32 Å². The molecule has 0 saturated heterocycles. The van der Waals surface area contributed by atoms with Crippen LogP contribution in [-0.4, -0.2) is 30.2 Å². The second-order valence-corrected chi connectivity index (χ2v) is 2.69. The van der Waals surface area contributed by atoms with Crippen LogP contribution in [0, 0.1) is 0 Å². The Labute approximate surface area is 85.2 Å². The quantitative estimate of drug-likeness (QED) is 0.516. The third kappa shape index (κ3) is 3.59. The molecule has 7 nitrogen and oxygen atoms in total. The maximum atomic E-state index is 10.4. The van der Waals surface area contributed by atoms with Crippen molar-refractivity contribution < 1.29 is 19.1 Å². The number of hydrogen-bond acceptors (Lipinski definition) is 4. The van der Waals surface area contributed by atoms with Crippen LogP contribution in [0.4, 0.5) is 10.7 Å². The van der Waals surface area contributed by atoms with Crippen molar-refractivity contribution in [2.45, 2.75) is 0 Å². The summed E-state index contributed by atoms with van der Waals surface area (Å²) in [4.78, 5) is 20.7. The smallest absolute Gasteiger partial charge is 0.371 e. The zero-order valence-corrected chi connectivity index (χ0v) is 7.82. The van der Waals surface area contributed by atoms with E-state index in [2.05, 4.69) is 10.6 Å². The van der Waals surface area contributed by atoms with Gasteiger partial charge in [-0.2, -0.15) is 0 Å². The first-order valence-corrected chi connectivity index (χ1v) is 4.20. The molecular formula is C8H11N3O4. The van der Waals surface area contributed by atoms with Gasteiger partial charge in [0.1, 0.15) is 0 Å². The zero-order chi connectivity index (χ0) is 11.3. The minimum absolute atomic E-state index is 0.139. The fourth-order valence-electron chi connectivity index (χ4n) is 0.919. The predicted octanol–water partition coefficient (Wildman–Crippen LogP) is 0.0580. The van der Waals surface area contributed by atoms with E-state index >= 15 is 0 Å². The Hall–Kier alpha value is -2.18. The van der Waals surface area contributed by atoms with Crippen LogP contribution in [0.2, 0.25) is 0 Å². The first-order valence-electron chi connectivity index (χ1n) is 4.20. The van der Waals surface area contributed by atoms with Crippen LogP contribution in [0.5, 0.6) is 0 Å². The van der Waals surface area contributed by atoms with Gasteiger partial charge in [0.05, 0.1) is 0 Å². The van der Waals surface area contributed by atoms with Crippen molar-refractivity contribution in [1.29, 1.82) is 0 Å². The van der Waals surface area contributed by atoms with Gasteiger partial charge in [0.2, 0.25) is 5.76 Å². The van der Waals surface area contributed by atoms with E-state index in [4.69, 9.17) is 15.3 Å². The Balaban J connectivity index is 2.31. The van der Waals surface area contributed by atoms with Crippen molar-refractivity contribution in [2.75, 3.05) is 18.4 Å². The van der Waals surface area contributed by atoms with E-state index in [1.165, 1.54) is 12.1 Å². The number of carboxylic acid groups (broad SMARTS) is 1. The fraction of sp³-hybridized carbons (Fsp3) is 0.250. The SMILES string of the molecule is NC(=O)NCCNc1ccc(C(=O)O)o1. The largest absolute Gasteiger partial charge is 0.475 e. The van der Waals surface area contributed by atoms with E-state index < -0.39 is 12.0 Å². The molecule has 0 aromatic carbocycles. The van der Waals surface area contributed by atoms with E-state index in [-0.39, 0.29) is 5.76 Å². The number of carbonyl (C=O) groups excluding carboxylic acids is 1. The van der Waals surface area contributed by atoms with E-state index in [0.717, 1.165) is 0 Å². The number of rotatable bonds is 5. The maximum absolute atomic E-state index is 10.4. The highest BCUT2D eigenvalue weighted by Gasteiger charge is 2.07. The normalized spacial score (nSPS) is 9.60. The van der Waals surface area contributed by atoms with Crippen LogP contribution in [0.1, 0.15) is 10.6 Å². The van der Waals surface area contributed by atoms with Crippen LogP contribution in [0.25, 0.3) is 0 Å². The van der Waals surface area contributed by atoms with Crippen LogP contribution in [-0.2, 0) is 0 Å². The Kier molecular flexibility index (Phi) is 3.55. The number of carboxylic acids is 1. The molecule has 0 unspecified atom stereocenters. The highest BCUT2D eigenvalue weighted by atomic mass is 16.4. The molecule has 1 aromatic heterocycles. The fourth-order valence-corrected chi connectivity index (χ4v) is 0.919. The number of anilines is 1. The Morgan fingerprint density at radius 1 is 1.40 bits per heavy atom. The van der Waals surface area contributed by atoms with Crippen molar-refractivity contribution >= 4 is 17.9 Å². The lowest BCUT2D eigenvalue weighted by Gasteiger charge is -2.02. The summed E-state index contributed by atoms with van der Waals surface area (Å²) in [6.45, 7) is 0.730. The molecule has 1 rings (SSSR count). The molecule has 0 radical (unpaired) electrons. The third-order valence-corrected chi connectivity index (χ3v) is 1.54. The van der Waals surface area contributed by atoms with E-state index in [1.54, 1.807) is 0 Å². The Morgan fingerprint density at radius 3 is 2.67 bits per heavy atom. The number of nitrogens with two attached hydrogens (primary N) is 1. The number of carbonyl (C=O) groups is 2. The first kappa shape index (κ1) is 10.9. The lowest BCUT2D eigenvalue weighted by Crippen LogP contribution is -2.33. The summed E-state index contributed by atoms with van der Waals surface area (Å²) < 4.78 is 4.90. The molecule has 2 amide bonds. The van der Waals surface area contributed by atoms with Gasteiger partial charge in [-0.25, -0.2) is 9.59 Å². The van der Waals surface area contributed by atoms with Gasteiger partial charge in [0.15, 0.2) is 5.88 Å². The van der Waals surface area contributed by atoms with Crippen molar-refractivity contribution in [3.8, 4) is 0 Å². The molecule has 0 bridgehead atoms. The number of furan rings is 1. The van der Waals surface area contributed by atoms with Crippen molar-refractivity contribution in [3.05, 3.63) is 17.9 Å². The Bertz CT molecular complexity index is 361. The van der Waals surface area contributed by atoms with Gasteiger partial charge in [0.25, 0.3) is 0 Å². The molecule has 0 saturated carbocycles. The molecule has 0 fully saturated rings. The molecule has 0 aliphatic rings. The number of hydrogen-bond donors (Lipinski definition) is 4. The minimum Gasteiger partial charge on any atom is -0.475 e. The molecule has 0 spiro atoms.